The molecule has 2 amide bonds. The lowest BCUT2D eigenvalue weighted by Crippen LogP contribution is -2.51. The van der Waals surface area contributed by atoms with E-state index < -0.39 is 47.1 Å². The molecule has 4 N–H and O–H groups in total. The van der Waals surface area contributed by atoms with E-state index >= 15 is 0 Å². The molecule has 0 saturated heterocycles. The molecule has 1 aliphatic carbocycles. The molecule has 3 heterocycles. The van der Waals surface area contributed by atoms with Crippen molar-refractivity contribution in [3.05, 3.63) is 70.3 Å². The zero-order chi connectivity index (χ0) is 32.5. The summed E-state index contributed by atoms with van der Waals surface area (Å²) in [4.78, 5) is 29.7. The van der Waals surface area contributed by atoms with Crippen molar-refractivity contribution in [1.82, 2.24) is 20.1 Å². The third kappa shape index (κ3) is 5.11. The van der Waals surface area contributed by atoms with Crippen LogP contribution in [0.1, 0.15) is 47.4 Å². The molecule has 4 aromatic rings. The first-order chi connectivity index (χ1) is 21.2. The van der Waals surface area contributed by atoms with Crippen molar-refractivity contribution in [2.24, 2.45) is 5.73 Å². The van der Waals surface area contributed by atoms with E-state index in [-0.39, 0.29) is 51.6 Å². The highest BCUT2D eigenvalue weighted by molar-refractivity contribution is 6.30. The van der Waals surface area contributed by atoms with E-state index in [0.717, 1.165) is 25.0 Å². The predicted molar refractivity (Wildman–Crippen MR) is 154 cm³/mol. The highest BCUT2D eigenvalue weighted by Gasteiger charge is 2.57. The molecule has 2 aliphatic rings. The molecule has 0 bridgehead atoms. The van der Waals surface area contributed by atoms with Gasteiger partial charge in [0.15, 0.2) is 0 Å². The first-order valence-corrected chi connectivity index (χ1v) is 14.1. The molecule has 6 rings (SSSR count). The van der Waals surface area contributed by atoms with Crippen molar-refractivity contribution in [2.75, 3.05) is 20.3 Å². The van der Waals surface area contributed by atoms with E-state index in [4.69, 9.17) is 26.8 Å². The van der Waals surface area contributed by atoms with Crippen LogP contribution in [0.3, 0.4) is 0 Å². The summed E-state index contributed by atoms with van der Waals surface area (Å²) in [6.45, 7) is -0.347. The van der Waals surface area contributed by atoms with Crippen LogP contribution in [0, 0.1) is 5.82 Å². The Hall–Kier alpha value is -4.43. The number of aromatic nitrogens is 3. The maximum atomic E-state index is 14.7. The lowest BCUT2D eigenvalue weighted by Gasteiger charge is -2.31. The van der Waals surface area contributed by atoms with Crippen LogP contribution in [0.2, 0.25) is 5.02 Å². The van der Waals surface area contributed by atoms with Crippen LogP contribution in [-0.2, 0) is 15.8 Å². The summed E-state index contributed by atoms with van der Waals surface area (Å²) in [5, 5.41) is 18.2. The zero-order valence-corrected chi connectivity index (χ0v) is 24.6. The molecular formula is C30H26ClF4N5O5. The van der Waals surface area contributed by atoms with Crippen molar-refractivity contribution in [2.45, 2.75) is 43.0 Å². The highest BCUT2D eigenvalue weighted by atomic mass is 35.5. The lowest BCUT2D eigenvalue weighted by molar-refractivity contribution is -0.265. The van der Waals surface area contributed by atoms with Crippen molar-refractivity contribution in [1.29, 1.82) is 0 Å². The summed E-state index contributed by atoms with van der Waals surface area (Å²) in [5.74, 6) is -2.61. The SMILES string of the molecule is COc1cc(C(=O)NCC(O)(c2cc3c(c(-c4ccc(Cl)c(F)c4)n2)OC[C@]3(C)C(N)=O)C(F)(F)F)cc2cn(C3CC3)nc12. The predicted octanol–water partition coefficient (Wildman–Crippen LogP) is 4.55. The number of nitrogens with one attached hydrogen (secondary N) is 1. The molecule has 0 spiro atoms. The van der Waals surface area contributed by atoms with E-state index in [0.29, 0.717) is 10.9 Å². The Labute approximate surface area is 258 Å². The molecule has 1 fully saturated rings. The van der Waals surface area contributed by atoms with Gasteiger partial charge < -0.3 is 25.6 Å². The number of pyridine rings is 1. The number of primary amides is 1. The number of fused-ring (bicyclic) bond motifs is 2. The fourth-order valence-electron chi connectivity index (χ4n) is 5.22. The Balaban J connectivity index is 1.41. The van der Waals surface area contributed by atoms with Gasteiger partial charge in [0.05, 0.1) is 30.4 Å². The maximum absolute atomic E-state index is 14.7. The normalized spacial score (nSPS) is 19.1. The Morgan fingerprint density at radius 1 is 1.24 bits per heavy atom. The number of ether oxygens (including phenoxy) is 2. The number of carbonyl (C=O) groups excluding carboxylic acids is 2. The molecule has 10 nitrogen and oxygen atoms in total. The number of amides is 2. The molecule has 1 unspecified atom stereocenters. The van der Waals surface area contributed by atoms with Crippen LogP contribution in [-0.4, -0.2) is 58.1 Å². The number of rotatable bonds is 8. The number of benzene rings is 2. The van der Waals surface area contributed by atoms with Gasteiger partial charge in [-0.2, -0.15) is 18.3 Å². The largest absolute Gasteiger partial charge is 0.494 e. The summed E-state index contributed by atoms with van der Waals surface area (Å²) < 4.78 is 71.4. The van der Waals surface area contributed by atoms with Crippen molar-refractivity contribution in [3.63, 3.8) is 0 Å². The van der Waals surface area contributed by atoms with Gasteiger partial charge in [0.25, 0.3) is 5.91 Å². The fraction of sp³-hybridized carbons (Fsp3) is 0.333. The minimum absolute atomic E-state index is 0.0341. The third-order valence-corrected chi connectivity index (χ3v) is 8.51. The zero-order valence-electron chi connectivity index (χ0n) is 23.8. The monoisotopic (exact) mass is 647 g/mol. The molecule has 0 radical (unpaired) electrons. The van der Waals surface area contributed by atoms with Crippen LogP contribution in [0.4, 0.5) is 17.6 Å². The van der Waals surface area contributed by atoms with Gasteiger partial charge in [-0.15, -0.1) is 0 Å². The first kappa shape index (κ1) is 30.6. The first-order valence-electron chi connectivity index (χ1n) is 13.7. The fourth-order valence-corrected chi connectivity index (χ4v) is 5.34. The van der Waals surface area contributed by atoms with E-state index in [2.05, 4.69) is 15.4 Å². The Kier molecular flexibility index (Phi) is 7.20. The van der Waals surface area contributed by atoms with E-state index in [9.17, 15) is 32.3 Å². The number of nitrogens with two attached hydrogens (primary N) is 1. The smallest absolute Gasteiger partial charge is 0.424 e. The number of hydrogen-bond donors (Lipinski definition) is 3. The standard InChI is InChI=1S/C30H26ClF4N5O5/c1-28(27(36)42)13-45-25-18(28)10-22(38-24(25)14-3-6-19(31)20(32)8-14)29(43,30(33,34)35)12-37-26(41)15-7-16-11-40(17-4-5-17)39-23(16)21(9-15)44-2/h3,6-11,17,43H,4-5,12-13H2,1-2H3,(H2,36,42)(H,37,41)/t28-,29?/m0/s1. The second-order valence-corrected chi connectivity index (χ2v) is 11.8. The Bertz CT molecular complexity index is 1880. The topological polar surface area (TPSA) is 142 Å². The number of alkyl halides is 3. The van der Waals surface area contributed by atoms with Crippen LogP contribution >= 0.6 is 11.6 Å². The van der Waals surface area contributed by atoms with Gasteiger partial charge in [-0.05, 0) is 50.1 Å². The quantitative estimate of drug-likeness (QED) is 0.238. The van der Waals surface area contributed by atoms with Gasteiger partial charge in [-0.3, -0.25) is 14.3 Å². The molecule has 2 aromatic heterocycles. The van der Waals surface area contributed by atoms with Crippen LogP contribution in [0.25, 0.3) is 22.2 Å². The maximum Gasteiger partial charge on any atom is 0.424 e. The van der Waals surface area contributed by atoms with Crippen LogP contribution in [0.15, 0.2) is 42.6 Å². The van der Waals surface area contributed by atoms with Gasteiger partial charge in [0.1, 0.15) is 40.5 Å². The summed E-state index contributed by atoms with van der Waals surface area (Å²) >= 11 is 5.80. The number of nitrogens with zero attached hydrogens (tertiary/aromatic N) is 3. The summed E-state index contributed by atoms with van der Waals surface area (Å²) in [5.41, 5.74) is -0.736. The molecule has 236 valence electrons. The summed E-state index contributed by atoms with van der Waals surface area (Å²) in [7, 11) is 1.38. The third-order valence-electron chi connectivity index (χ3n) is 8.20. The minimum Gasteiger partial charge on any atom is -0.494 e. The summed E-state index contributed by atoms with van der Waals surface area (Å²) in [6.07, 6.45) is -1.75. The van der Waals surface area contributed by atoms with E-state index in [1.54, 1.807) is 10.9 Å². The number of methoxy groups -OCH3 is 1. The molecule has 15 heteroatoms. The number of halogens is 5. The number of carbonyl (C=O) groups is 2. The second-order valence-electron chi connectivity index (χ2n) is 11.3. The van der Waals surface area contributed by atoms with Crippen molar-refractivity contribution < 1.29 is 41.7 Å². The second kappa shape index (κ2) is 10.6. The lowest BCUT2D eigenvalue weighted by atomic mass is 9.81. The molecule has 2 atom stereocenters. The average Bonchev–Trinajstić information content (AvgIpc) is 3.66. The van der Waals surface area contributed by atoms with Gasteiger partial charge in [-0.25, -0.2) is 9.37 Å². The number of hydrogen-bond acceptors (Lipinski definition) is 7. The van der Waals surface area contributed by atoms with Gasteiger partial charge in [0.2, 0.25) is 11.5 Å². The Morgan fingerprint density at radius 3 is 2.60 bits per heavy atom. The van der Waals surface area contributed by atoms with E-state index in [1.807, 2.05) is 0 Å². The molecule has 1 saturated carbocycles. The number of aliphatic hydroxyl groups is 1. The van der Waals surface area contributed by atoms with Crippen LogP contribution < -0.4 is 20.5 Å². The van der Waals surface area contributed by atoms with Crippen molar-refractivity contribution >= 4 is 34.3 Å². The summed E-state index contributed by atoms with van der Waals surface area (Å²) in [6, 6.07) is 7.30. The molecule has 1 aliphatic heterocycles. The molecular weight excluding hydrogens is 622 g/mol. The average molecular weight is 648 g/mol. The van der Waals surface area contributed by atoms with Gasteiger partial charge in [-0.1, -0.05) is 17.7 Å². The van der Waals surface area contributed by atoms with E-state index in [1.165, 1.54) is 38.3 Å². The van der Waals surface area contributed by atoms with Gasteiger partial charge in [0, 0.05) is 28.3 Å². The Morgan fingerprint density at radius 2 is 1.98 bits per heavy atom. The highest BCUT2D eigenvalue weighted by Crippen LogP contribution is 2.48. The van der Waals surface area contributed by atoms with Gasteiger partial charge >= 0.3 is 6.18 Å². The van der Waals surface area contributed by atoms with Crippen LogP contribution in [0.5, 0.6) is 11.5 Å². The minimum atomic E-state index is -5.39. The molecule has 45 heavy (non-hydrogen) atoms. The molecule has 2 aromatic carbocycles. The van der Waals surface area contributed by atoms with Crippen molar-refractivity contribution in [3.8, 4) is 22.8 Å².